The van der Waals surface area contributed by atoms with Crippen molar-refractivity contribution in [3.8, 4) is 5.75 Å². The highest BCUT2D eigenvalue weighted by atomic mass is 16.5. The molecule has 2 amide bonds. The third kappa shape index (κ3) is 5.13. The first-order valence-electron chi connectivity index (χ1n) is 9.56. The van der Waals surface area contributed by atoms with Crippen LogP contribution in [0.25, 0.3) is 0 Å². The molecule has 1 aliphatic rings. The molecule has 0 unspecified atom stereocenters. The molecule has 2 atom stereocenters. The van der Waals surface area contributed by atoms with Gasteiger partial charge in [-0.3, -0.25) is 14.4 Å². The van der Waals surface area contributed by atoms with Gasteiger partial charge in [0.25, 0.3) is 5.91 Å². The number of carboxylic acids is 1. The van der Waals surface area contributed by atoms with Crippen LogP contribution in [0.2, 0.25) is 0 Å². The van der Waals surface area contributed by atoms with E-state index < -0.39 is 18.0 Å². The zero-order valence-corrected chi connectivity index (χ0v) is 16.2. The lowest BCUT2D eigenvalue weighted by atomic mass is 9.99. The highest BCUT2D eigenvalue weighted by molar-refractivity contribution is 6.00. The van der Waals surface area contributed by atoms with Crippen LogP contribution in [0.3, 0.4) is 0 Å². The second kappa shape index (κ2) is 9.23. The zero-order valence-electron chi connectivity index (χ0n) is 16.2. The van der Waals surface area contributed by atoms with Crippen molar-refractivity contribution in [2.24, 2.45) is 5.92 Å². The Labute approximate surface area is 169 Å². The van der Waals surface area contributed by atoms with Crippen molar-refractivity contribution in [1.29, 1.82) is 0 Å². The van der Waals surface area contributed by atoms with E-state index in [9.17, 15) is 19.5 Å². The molecule has 152 valence electrons. The maximum absolute atomic E-state index is 12.5. The van der Waals surface area contributed by atoms with E-state index in [0.29, 0.717) is 17.9 Å². The summed E-state index contributed by atoms with van der Waals surface area (Å²) in [5.41, 5.74) is 1.54. The second-order valence-corrected chi connectivity index (χ2v) is 7.00. The van der Waals surface area contributed by atoms with Crippen LogP contribution in [0.1, 0.15) is 18.9 Å². The van der Waals surface area contributed by atoms with E-state index >= 15 is 0 Å². The summed E-state index contributed by atoms with van der Waals surface area (Å²) in [4.78, 5) is 37.8. The third-order valence-electron chi connectivity index (χ3n) is 4.86. The van der Waals surface area contributed by atoms with Gasteiger partial charge >= 0.3 is 5.97 Å². The molecular formula is C22H24N2O5. The second-order valence-electron chi connectivity index (χ2n) is 7.00. The molecule has 0 saturated heterocycles. The van der Waals surface area contributed by atoms with Crippen LogP contribution < -0.4 is 15.0 Å². The predicted molar refractivity (Wildman–Crippen MR) is 108 cm³/mol. The van der Waals surface area contributed by atoms with Crippen LogP contribution in [0, 0.1) is 5.92 Å². The highest BCUT2D eigenvalue weighted by Crippen LogP contribution is 2.33. The van der Waals surface area contributed by atoms with Crippen molar-refractivity contribution in [3.05, 3.63) is 60.2 Å². The Bertz CT molecular complexity index is 884. The monoisotopic (exact) mass is 396 g/mol. The Balaban J connectivity index is 1.55. The fourth-order valence-electron chi connectivity index (χ4n) is 3.27. The largest absolute Gasteiger partial charge is 0.481 e. The average molecular weight is 396 g/mol. The summed E-state index contributed by atoms with van der Waals surface area (Å²) in [6.07, 6.45) is -0.205. The summed E-state index contributed by atoms with van der Waals surface area (Å²) in [6.45, 7) is 1.91. The molecule has 2 aromatic carbocycles. The number of hydrogen-bond donors (Lipinski definition) is 2. The Morgan fingerprint density at radius 3 is 2.55 bits per heavy atom. The molecule has 2 aromatic rings. The first-order chi connectivity index (χ1) is 14.0. The number of anilines is 1. The number of rotatable bonds is 8. The number of carbonyl (C=O) groups excluding carboxylic acids is 2. The topological polar surface area (TPSA) is 95.9 Å². The van der Waals surface area contributed by atoms with E-state index in [2.05, 4.69) is 5.32 Å². The van der Waals surface area contributed by atoms with Gasteiger partial charge in [0.2, 0.25) is 5.91 Å². The molecule has 0 bridgehead atoms. The van der Waals surface area contributed by atoms with Crippen LogP contribution in [0.5, 0.6) is 5.75 Å². The summed E-state index contributed by atoms with van der Waals surface area (Å²) < 4.78 is 5.59. The van der Waals surface area contributed by atoms with Gasteiger partial charge < -0.3 is 20.1 Å². The summed E-state index contributed by atoms with van der Waals surface area (Å²) >= 11 is 0. The van der Waals surface area contributed by atoms with Crippen LogP contribution in [0.15, 0.2) is 54.6 Å². The van der Waals surface area contributed by atoms with Crippen molar-refractivity contribution in [3.63, 3.8) is 0 Å². The van der Waals surface area contributed by atoms with Gasteiger partial charge in [0, 0.05) is 19.5 Å². The number of fused-ring (bicyclic) bond motifs is 1. The average Bonchev–Trinajstić information content (AvgIpc) is 2.72. The van der Waals surface area contributed by atoms with E-state index in [-0.39, 0.29) is 31.3 Å². The van der Waals surface area contributed by atoms with Crippen LogP contribution >= 0.6 is 0 Å². The van der Waals surface area contributed by atoms with Crippen LogP contribution in [-0.4, -0.2) is 42.1 Å². The Morgan fingerprint density at radius 2 is 1.83 bits per heavy atom. The highest BCUT2D eigenvalue weighted by Gasteiger charge is 2.31. The van der Waals surface area contributed by atoms with Crippen molar-refractivity contribution in [1.82, 2.24) is 5.32 Å². The van der Waals surface area contributed by atoms with E-state index in [1.54, 1.807) is 30.0 Å². The lowest BCUT2D eigenvalue weighted by Crippen LogP contribution is -2.46. The van der Waals surface area contributed by atoms with Crippen molar-refractivity contribution < 1.29 is 24.2 Å². The number of nitrogens with zero attached hydrogens (tertiary/aromatic N) is 1. The number of para-hydroxylation sites is 2. The number of amides is 2. The van der Waals surface area contributed by atoms with E-state index in [0.717, 1.165) is 5.56 Å². The van der Waals surface area contributed by atoms with E-state index in [4.69, 9.17) is 4.74 Å². The minimum atomic E-state index is -0.958. The molecule has 0 fully saturated rings. The molecule has 29 heavy (non-hydrogen) atoms. The lowest BCUT2D eigenvalue weighted by Gasteiger charge is -2.32. The maximum atomic E-state index is 12.5. The molecule has 1 heterocycles. The molecule has 7 nitrogen and oxygen atoms in total. The van der Waals surface area contributed by atoms with Crippen molar-refractivity contribution in [2.75, 3.05) is 18.0 Å². The van der Waals surface area contributed by atoms with Gasteiger partial charge in [0.15, 0.2) is 6.10 Å². The van der Waals surface area contributed by atoms with Crippen LogP contribution in [0.4, 0.5) is 5.69 Å². The zero-order chi connectivity index (χ0) is 20.8. The minimum absolute atomic E-state index is 0.0348. The number of ether oxygens (including phenoxy) is 1. The molecule has 2 N–H and O–H groups in total. The maximum Gasteiger partial charge on any atom is 0.308 e. The minimum Gasteiger partial charge on any atom is -0.481 e. The van der Waals surface area contributed by atoms with Crippen LogP contribution in [-0.2, 0) is 20.8 Å². The molecule has 7 heteroatoms. The van der Waals surface area contributed by atoms with E-state index in [1.807, 2.05) is 36.4 Å². The Morgan fingerprint density at radius 1 is 1.14 bits per heavy atom. The molecule has 0 spiro atoms. The molecule has 0 aliphatic carbocycles. The SMILES string of the molecule is C[C@H]1Oc2ccccc2N(CCC(=O)NC[C@@H](Cc2ccccc2)C(=O)O)C1=O. The fraction of sp³-hybridized carbons (Fsp3) is 0.318. The molecule has 0 saturated carbocycles. The van der Waals surface area contributed by atoms with Crippen molar-refractivity contribution in [2.45, 2.75) is 25.9 Å². The Kier molecular flexibility index (Phi) is 6.49. The molecule has 1 aliphatic heterocycles. The summed E-state index contributed by atoms with van der Waals surface area (Å²) in [7, 11) is 0. The lowest BCUT2D eigenvalue weighted by molar-refractivity contribution is -0.141. The quantitative estimate of drug-likeness (QED) is 0.714. The molecular weight excluding hydrogens is 372 g/mol. The molecule has 3 rings (SSSR count). The summed E-state index contributed by atoms with van der Waals surface area (Å²) in [5, 5.41) is 12.1. The van der Waals surface area contributed by atoms with Gasteiger partial charge in [-0.1, -0.05) is 42.5 Å². The summed E-state index contributed by atoms with van der Waals surface area (Å²) in [6, 6.07) is 16.5. The summed E-state index contributed by atoms with van der Waals surface area (Å²) in [5.74, 6) is -1.57. The number of carboxylic acid groups (broad SMARTS) is 1. The van der Waals surface area contributed by atoms with Gasteiger partial charge in [-0.15, -0.1) is 0 Å². The van der Waals surface area contributed by atoms with Crippen molar-refractivity contribution >= 4 is 23.5 Å². The number of aliphatic carboxylic acids is 1. The van der Waals surface area contributed by atoms with Gasteiger partial charge in [0.1, 0.15) is 5.75 Å². The smallest absolute Gasteiger partial charge is 0.308 e. The van der Waals surface area contributed by atoms with Gasteiger partial charge in [-0.25, -0.2) is 0 Å². The first-order valence-corrected chi connectivity index (χ1v) is 9.56. The Hall–Kier alpha value is -3.35. The van der Waals surface area contributed by atoms with Gasteiger partial charge in [-0.05, 0) is 31.0 Å². The molecule has 0 aromatic heterocycles. The van der Waals surface area contributed by atoms with Gasteiger partial charge in [0.05, 0.1) is 11.6 Å². The first kappa shape index (κ1) is 20.4. The number of benzene rings is 2. The van der Waals surface area contributed by atoms with E-state index in [1.165, 1.54) is 0 Å². The normalized spacial score (nSPS) is 16.5. The molecule has 0 radical (unpaired) electrons. The van der Waals surface area contributed by atoms with Gasteiger partial charge in [-0.2, -0.15) is 0 Å². The number of carbonyl (C=O) groups is 3. The third-order valence-corrected chi connectivity index (χ3v) is 4.86. The number of nitrogens with one attached hydrogen (secondary N) is 1. The standard InChI is InChI=1S/C22H24N2O5/c1-15-21(26)24(18-9-5-6-10-19(18)29-15)12-11-20(25)23-14-17(22(27)28)13-16-7-3-2-4-8-16/h2-10,15,17H,11-14H2,1H3,(H,23,25)(H,27,28)/t15-,17-/m1/s1. The fourth-order valence-corrected chi connectivity index (χ4v) is 3.27. The number of hydrogen-bond acceptors (Lipinski definition) is 4. The predicted octanol–water partition coefficient (Wildman–Crippen LogP) is 2.25.